The quantitative estimate of drug-likeness (QED) is 0.777. The first-order valence-corrected chi connectivity index (χ1v) is 5.73. The third-order valence-electron chi connectivity index (χ3n) is 2.31. The zero-order chi connectivity index (χ0) is 12.0. The van der Waals surface area contributed by atoms with Gasteiger partial charge in [0, 0.05) is 13.7 Å². The van der Waals surface area contributed by atoms with Gasteiger partial charge in [-0.2, -0.15) is 0 Å². The Labute approximate surface area is 98.2 Å². The minimum atomic E-state index is 0.334. The van der Waals surface area contributed by atoms with Gasteiger partial charge >= 0.3 is 0 Å². The molecule has 0 radical (unpaired) electrons. The number of hydrogen-bond donors (Lipinski definition) is 1. The number of aromatic nitrogens is 1. The lowest BCUT2D eigenvalue weighted by Crippen LogP contribution is -2.09. The number of nitrogens with one attached hydrogen (secondary N) is 1. The summed E-state index contributed by atoms with van der Waals surface area (Å²) in [7, 11) is 1.87. The summed E-state index contributed by atoms with van der Waals surface area (Å²) in [6.45, 7) is 8.03. The molecule has 0 aliphatic rings. The second-order valence-electron chi connectivity index (χ2n) is 5.13. The average Bonchev–Trinajstić information content (AvgIpc) is 2.23. The van der Waals surface area contributed by atoms with E-state index in [0.29, 0.717) is 12.0 Å². The van der Waals surface area contributed by atoms with Gasteiger partial charge in [0.05, 0.1) is 12.3 Å². The molecule has 0 aromatic carbocycles. The highest BCUT2D eigenvalue weighted by Crippen LogP contribution is 2.18. The number of hydrogen-bond acceptors (Lipinski definition) is 3. The third kappa shape index (κ3) is 5.12. The van der Waals surface area contributed by atoms with Crippen LogP contribution in [0, 0.1) is 5.41 Å². The number of nitrogens with zero attached hydrogens (tertiary/aromatic N) is 1. The van der Waals surface area contributed by atoms with Crippen LogP contribution >= 0.6 is 0 Å². The number of pyridine rings is 1. The van der Waals surface area contributed by atoms with Crippen LogP contribution < -0.4 is 5.32 Å². The van der Waals surface area contributed by atoms with Crippen LogP contribution in [0.4, 0.5) is 5.82 Å². The lowest BCUT2D eigenvalue weighted by Gasteiger charge is -2.17. The maximum atomic E-state index is 5.60. The molecule has 90 valence electrons. The summed E-state index contributed by atoms with van der Waals surface area (Å²) in [6.07, 6.45) is 1.07. The van der Waals surface area contributed by atoms with Crippen LogP contribution in [-0.4, -0.2) is 18.6 Å². The molecule has 0 amide bonds. The molecule has 3 nitrogen and oxygen atoms in total. The van der Waals surface area contributed by atoms with Crippen molar-refractivity contribution in [2.75, 3.05) is 19.0 Å². The summed E-state index contributed by atoms with van der Waals surface area (Å²) >= 11 is 0. The highest BCUT2D eigenvalue weighted by Gasteiger charge is 2.09. The Kier molecular flexibility index (Phi) is 4.74. The van der Waals surface area contributed by atoms with Crippen molar-refractivity contribution >= 4 is 5.82 Å². The Morgan fingerprint density at radius 3 is 2.69 bits per heavy atom. The van der Waals surface area contributed by atoms with Crippen LogP contribution in [-0.2, 0) is 11.3 Å². The normalized spacial score (nSPS) is 11.5. The van der Waals surface area contributed by atoms with E-state index in [2.05, 4.69) is 31.1 Å². The number of anilines is 1. The van der Waals surface area contributed by atoms with Gasteiger partial charge in [0.2, 0.25) is 0 Å². The Bertz CT molecular complexity index is 318. The topological polar surface area (TPSA) is 34.1 Å². The summed E-state index contributed by atoms with van der Waals surface area (Å²) in [5, 5.41) is 3.02. The van der Waals surface area contributed by atoms with E-state index in [1.54, 1.807) is 0 Å². The van der Waals surface area contributed by atoms with E-state index in [-0.39, 0.29) is 0 Å². The molecule has 1 N–H and O–H groups in total. The van der Waals surface area contributed by atoms with Crippen LogP contribution in [0.3, 0.4) is 0 Å². The molecule has 0 spiro atoms. The molecule has 0 saturated heterocycles. The second-order valence-corrected chi connectivity index (χ2v) is 5.13. The minimum absolute atomic E-state index is 0.334. The van der Waals surface area contributed by atoms with Gasteiger partial charge in [0.15, 0.2) is 0 Å². The zero-order valence-corrected chi connectivity index (χ0v) is 10.7. The third-order valence-corrected chi connectivity index (χ3v) is 2.31. The Morgan fingerprint density at radius 2 is 2.06 bits per heavy atom. The second kappa shape index (κ2) is 5.85. The molecule has 1 rings (SSSR count). The van der Waals surface area contributed by atoms with Crippen LogP contribution in [0.2, 0.25) is 0 Å². The van der Waals surface area contributed by atoms with E-state index >= 15 is 0 Å². The average molecular weight is 222 g/mol. The lowest BCUT2D eigenvalue weighted by atomic mass is 9.93. The Balaban J connectivity index is 2.32. The van der Waals surface area contributed by atoms with E-state index in [4.69, 9.17) is 4.74 Å². The summed E-state index contributed by atoms with van der Waals surface area (Å²) in [4.78, 5) is 4.39. The molecule has 1 aromatic rings. The van der Waals surface area contributed by atoms with Gasteiger partial charge in [-0.3, -0.25) is 0 Å². The fourth-order valence-electron chi connectivity index (χ4n) is 1.25. The largest absolute Gasteiger partial charge is 0.375 e. The first-order chi connectivity index (χ1) is 7.51. The monoisotopic (exact) mass is 222 g/mol. The number of rotatable bonds is 5. The SMILES string of the molecule is CNc1cccc(COCCC(C)(C)C)n1. The van der Waals surface area contributed by atoms with Gasteiger partial charge in [-0.1, -0.05) is 26.8 Å². The van der Waals surface area contributed by atoms with E-state index in [0.717, 1.165) is 24.5 Å². The van der Waals surface area contributed by atoms with E-state index in [1.165, 1.54) is 0 Å². The van der Waals surface area contributed by atoms with Gasteiger partial charge in [0.25, 0.3) is 0 Å². The molecule has 0 aliphatic carbocycles. The fraction of sp³-hybridized carbons (Fsp3) is 0.615. The van der Waals surface area contributed by atoms with Gasteiger partial charge in [-0.05, 0) is 24.0 Å². The predicted molar refractivity (Wildman–Crippen MR) is 67.5 cm³/mol. The standard InChI is InChI=1S/C13H22N2O/c1-13(2,3)8-9-16-10-11-6-5-7-12(14-4)15-11/h5-7H,8-10H2,1-4H3,(H,14,15). The van der Waals surface area contributed by atoms with Gasteiger partial charge in [0.1, 0.15) is 5.82 Å². The maximum absolute atomic E-state index is 5.60. The first kappa shape index (κ1) is 13.0. The smallest absolute Gasteiger partial charge is 0.126 e. The van der Waals surface area contributed by atoms with Crippen molar-refractivity contribution in [2.45, 2.75) is 33.8 Å². The van der Waals surface area contributed by atoms with Gasteiger partial charge in [-0.25, -0.2) is 4.98 Å². The van der Waals surface area contributed by atoms with Crippen molar-refractivity contribution in [1.29, 1.82) is 0 Å². The lowest BCUT2D eigenvalue weighted by molar-refractivity contribution is 0.0941. The Hall–Kier alpha value is -1.09. The molecule has 0 atom stereocenters. The number of ether oxygens (including phenoxy) is 1. The van der Waals surface area contributed by atoms with Gasteiger partial charge in [-0.15, -0.1) is 0 Å². The highest BCUT2D eigenvalue weighted by atomic mass is 16.5. The van der Waals surface area contributed by atoms with Crippen molar-refractivity contribution in [1.82, 2.24) is 4.98 Å². The molecular weight excluding hydrogens is 200 g/mol. The predicted octanol–water partition coefficient (Wildman–Crippen LogP) is 3.08. The van der Waals surface area contributed by atoms with Gasteiger partial charge < -0.3 is 10.1 Å². The van der Waals surface area contributed by atoms with Crippen molar-refractivity contribution in [3.05, 3.63) is 23.9 Å². The highest BCUT2D eigenvalue weighted by molar-refractivity contribution is 5.33. The molecule has 0 fully saturated rings. The molecule has 1 heterocycles. The van der Waals surface area contributed by atoms with Crippen LogP contribution in [0.15, 0.2) is 18.2 Å². The molecule has 3 heteroatoms. The minimum Gasteiger partial charge on any atom is -0.375 e. The van der Waals surface area contributed by atoms with Crippen LogP contribution in [0.1, 0.15) is 32.9 Å². The molecule has 0 saturated carbocycles. The van der Waals surface area contributed by atoms with Crippen molar-refractivity contribution < 1.29 is 4.74 Å². The fourth-order valence-corrected chi connectivity index (χ4v) is 1.25. The van der Waals surface area contributed by atoms with Crippen molar-refractivity contribution in [2.24, 2.45) is 5.41 Å². The van der Waals surface area contributed by atoms with Crippen LogP contribution in [0.25, 0.3) is 0 Å². The summed E-state index contributed by atoms with van der Waals surface area (Å²) in [6, 6.07) is 5.91. The molecule has 0 bridgehead atoms. The summed E-state index contributed by atoms with van der Waals surface area (Å²) in [5.41, 5.74) is 1.31. The van der Waals surface area contributed by atoms with E-state index in [1.807, 2.05) is 25.2 Å². The molecule has 0 aliphatic heterocycles. The molecular formula is C13H22N2O. The summed E-state index contributed by atoms with van der Waals surface area (Å²) in [5.74, 6) is 0.886. The van der Waals surface area contributed by atoms with E-state index in [9.17, 15) is 0 Å². The van der Waals surface area contributed by atoms with Crippen LogP contribution in [0.5, 0.6) is 0 Å². The van der Waals surface area contributed by atoms with E-state index < -0.39 is 0 Å². The first-order valence-electron chi connectivity index (χ1n) is 5.73. The van der Waals surface area contributed by atoms with Crippen molar-refractivity contribution in [3.8, 4) is 0 Å². The molecule has 1 aromatic heterocycles. The maximum Gasteiger partial charge on any atom is 0.126 e. The summed E-state index contributed by atoms with van der Waals surface area (Å²) < 4.78 is 5.60. The molecule has 16 heavy (non-hydrogen) atoms. The molecule has 0 unspecified atom stereocenters. The van der Waals surface area contributed by atoms with Crippen molar-refractivity contribution in [3.63, 3.8) is 0 Å². The zero-order valence-electron chi connectivity index (χ0n) is 10.7. The Morgan fingerprint density at radius 1 is 1.31 bits per heavy atom.